The van der Waals surface area contributed by atoms with Gasteiger partial charge in [-0.05, 0) is 50.5 Å². The van der Waals surface area contributed by atoms with Gasteiger partial charge < -0.3 is 4.74 Å². The molecule has 7 heteroatoms. The van der Waals surface area contributed by atoms with E-state index < -0.39 is 22.0 Å². The lowest BCUT2D eigenvalue weighted by Crippen LogP contribution is -2.49. The van der Waals surface area contributed by atoms with Crippen LogP contribution in [0.3, 0.4) is 0 Å². The predicted octanol–water partition coefficient (Wildman–Crippen LogP) is 2.59. The molecule has 0 bridgehead atoms. The number of rotatable bonds is 4. The predicted molar refractivity (Wildman–Crippen MR) is 94.5 cm³/mol. The van der Waals surface area contributed by atoms with Crippen LogP contribution in [0.5, 0.6) is 0 Å². The van der Waals surface area contributed by atoms with Gasteiger partial charge in [-0.15, -0.1) is 0 Å². The standard InChI is InChI=1S/C17H23NO4S2/c1-13-5-7-15(8-6-13)24(20,21)18-10-3-2-4-16(18)17(19)22-14-9-11-23-12-14/h5-8,14,16H,2-4,9-12H2,1H3/t14-,16+/m0/s1. The van der Waals surface area contributed by atoms with Crippen molar-refractivity contribution in [1.29, 1.82) is 0 Å². The maximum Gasteiger partial charge on any atom is 0.324 e. The number of benzene rings is 1. The number of piperidine rings is 1. The van der Waals surface area contributed by atoms with Crippen molar-refractivity contribution in [3.63, 3.8) is 0 Å². The summed E-state index contributed by atoms with van der Waals surface area (Å²) < 4.78 is 32.8. The second-order valence-corrected chi connectivity index (χ2v) is 9.40. The SMILES string of the molecule is Cc1ccc(S(=O)(=O)N2CCCC[C@@H]2C(=O)O[C@H]2CCSC2)cc1. The molecule has 5 nitrogen and oxygen atoms in total. The van der Waals surface area contributed by atoms with E-state index in [2.05, 4.69) is 0 Å². The molecule has 0 N–H and O–H groups in total. The van der Waals surface area contributed by atoms with Crippen molar-refractivity contribution in [3.05, 3.63) is 29.8 Å². The Balaban J connectivity index is 1.80. The summed E-state index contributed by atoms with van der Waals surface area (Å²) in [6.07, 6.45) is 2.93. The Labute approximate surface area is 147 Å². The summed E-state index contributed by atoms with van der Waals surface area (Å²) >= 11 is 1.77. The number of aryl methyl sites for hydroxylation is 1. The third-order valence-corrected chi connectivity index (χ3v) is 7.58. The highest BCUT2D eigenvalue weighted by Gasteiger charge is 2.39. The number of sulfonamides is 1. The van der Waals surface area contributed by atoms with Crippen LogP contribution in [-0.4, -0.2) is 48.9 Å². The minimum absolute atomic E-state index is 0.0756. The first-order valence-corrected chi connectivity index (χ1v) is 10.9. The third kappa shape index (κ3) is 3.78. The molecule has 132 valence electrons. The number of hydrogen-bond donors (Lipinski definition) is 0. The zero-order valence-corrected chi connectivity index (χ0v) is 15.4. The molecular weight excluding hydrogens is 346 g/mol. The molecule has 2 fully saturated rings. The molecule has 2 atom stereocenters. The Bertz CT molecular complexity index is 681. The Morgan fingerprint density at radius 2 is 1.96 bits per heavy atom. The van der Waals surface area contributed by atoms with Gasteiger partial charge in [0.1, 0.15) is 12.1 Å². The van der Waals surface area contributed by atoms with Crippen molar-refractivity contribution in [1.82, 2.24) is 4.31 Å². The average molecular weight is 370 g/mol. The lowest BCUT2D eigenvalue weighted by Gasteiger charge is -2.33. The van der Waals surface area contributed by atoms with Crippen LogP contribution >= 0.6 is 11.8 Å². The topological polar surface area (TPSA) is 63.7 Å². The van der Waals surface area contributed by atoms with Crippen LogP contribution in [0.25, 0.3) is 0 Å². The van der Waals surface area contributed by atoms with Gasteiger partial charge >= 0.3 is 5.97 Å². The Morgan fingerprint density at radius 3 is 2.62 bits per heavy atom. The second kappa shape index (κ2) is 7.45. The van der Waals surface area contributed by atoms with Crippen molar-refractivity contribution < 1.29 is 17.9 Å². The Kier molecular flexibility index (Phi) is 5.52. The van der Waals surface area contributed by atoms with E-state index in [9.17, 15) is 13.2 Å². The van der Waals surface area contributed by atoms with Crippen LogP contribution < -0.4 is 0 Å². The Morgan fingerprint density at radius 1 is 1.21 bits per heavy atom. The second-order valence-electron chi connectivity index (χ2n) is 6.36. The van der Waals surface area contributed by atoms with Crippen molar-refractivity contribution >= 4 is 27.8 Å². The maximum atomic E-state index is 13.0. The van der Waals surface area contributed by atoms with Gasteiger partial charge in [0, 0.05) is 12.3 Å². The molecule has 0 unspecified atom stereocenters. The summed E-state index contributed by atoms with van der Waals surface area (Å²) in [7, 11) is -3.68. The molecule has 2 heterocycles. The fraction of sp³-hybridized carbons (Fsp3) is 0.588. The number of carbonyl (C=O) groups is 1. The molecule has 0 spiro atoms. The van der Waals surface area contributed by atoms with Crippen molar-refractivity contribution in [3.8, 4) is 0 Å². The van der Waals surface area contributed by atoms with Crippen LogP contribution in [0.4, 0.5) is 0 Å². The first-order chi connectivity index (χ1) is 11.5. The van der Waals surface area contributed by atoms with Crippen LogP contribution in [0.15, 0.2) is 29.2 Å². The normalized spacial score (nSPS) is 25.5. The molecule has 24 heavy (non-hydrogen) atoms. The lowest BCUT2D eigenvalue weighted by atomic mass is 10.1. The first kappa shape index (κ1) is 17.8. The van der Waals surface area contributed by atoms with E-state index in [4.69, 9.17) is 4.74 Å². The Hall–Kier alpha value is -1.05. The van der Waals surface area contributed by atoms with Gasteiger partial charge in [0.25, 0.3) is 0 Å². The van der Waals surface area contributed by atoms with Gasteiger partial charge in [-0.25, -0.2) is 8.42 Å². The third-order valence-electron chi connectivity index (χ3n) is 4.52. The van der Waals surface area contributed by atoms with Crippen molar-refractivity contribution in [2.75, 3.05) is 18.1 Å². The molecule has 3 rings (SSSR count). The molecule has 0 radical (unpaired) electrons. The molecule has 0 aromatic heterocycles. The van der Waals surface area contributed by atoms with Crippen LogP contribution in [0.2, 0.25) is 0 Å². The maximum absolute atomic E-state index is 13.0. The summed E-state index contributed by atoms with van der Waals surface area (Å²) in [4.78, 5) is 12.8. The molecule has 0 amide bonds. The van der Waals surface area contributed by atoms with E-state index >= 15 is 0 Å². The molecule has 2 aliphatic heterocycles. The molecule has 0 saturated carbocycles. The number of nitrogens with zero attached hydrogens (tertiary/aromatic N) is 1. The van der Waals surface area contributed by atoms with E-state index in [-0.39, 0.29) is 11.0 Å². The van der Waals surface area contributed by atoms with Gasteiger partial charge in [-0.2, -0.15) is 16.1 Å². The van der Waals surface area contributed by atoms with Crippen LogP contribution in [-0.2, 0) is 19.6 Å². The van der Waals surface area contributed by atoms with Gasteiger partial charge in [0.05, 0.1) is 4.90 Å². The van der Waals surface area contributed by atoms with Gasteiger partial charge in [-0.1, -0.05) is 17.7 Å². The largest absolute Gasteiger partial charge is 0.460 e. The van der Waals surface area contributed by atoms with Crippen molar-refractivity contribution in [2.24, 2.45) is 0 Å². The highest BCUT2D eigenvalue weighted by molar-refractivity contribution is 7.99. The molecular formula is C17H23NO4S2. The number of hydrogen-bond acceptors (Lipinski definition) is 5. The highest BCUT2D eigenvalue weighted by atomic mass is 32.2. The summed E-state index contributed by atoms with van der Waals surface area (Å²) in [5.41, 5.74) is 1.00. The summed E-state index contributed by atoms with van der Waals surface area (Å²) in [5.74, 6) is 1.41. The fourth-order valence-corrected chi connectivity index (χ4v) is 5.86. The number of thioether (sulfide) groups is 1. The number of carbonyl (C=O) groups excluding carboxylic acids is 1. The number of ether oxygens (including phenoxy) is 1. The molecule has 2 aliphatic rings. The van der Waals surface area contributed by atoms with E-state index in [0.717, 1.165) is 36.3 Å². The quantitative estimate of drug-likeness (QED) is 0.764. The van der Waals surface area contributed by atoms with Gasteiger partial charge in [0.15, 0.2) is 0 Å². The van der Waals surface area contributed by atoms with E-state index in [1.54, 1.807) is 36.0 Å². The van der Waals surface area contributed by atoms with E-state index in [1.165, 1.54) is 4.31 Å². The highest BCUT2D eigenvalue weighted by Crippen LogP contribution is 2.28. The lowest BCUT2D eigenvalue weighted by molar-refractivity contribution is -0.153. The zero-order valence-electron chi connectivity index (χ0n) is 13.8. The van der Waals surface area contributed by atoms with Crippen LogP contribution in [0.1, 0.15) is 31.2 Å². The zero-order chi connectivity index (χ0) is 17.2. The van der Waals surface area contributed by atoms with E-state index in [0.29, 0.717) is 13.0 Å². The molecule has 0 aliphatic carbocycles. The number of esters is 1. The summed E-state index contributed by atoms with van der Waals surface area (Å²) in [5, 5.41) is 0. The monoisotopic (exact) mass is 369 g/mol. The fourth-order valence-electron chi connectivity index (χ4n) is 3.12. The molecule has 2 saturated heterocycles. The minimum atomic E-state index is -3.68. The average Bonchev–Trinajstić information content (AvgIpc) is 3.08. The minimum Gasteiger partial charge on any atom is -0.460 e. The smallest absolute Gasteiger partial charge is 0.324 e. The summed E-state index contributed by atoms with van der Waals surface area (Å²) in [6, 6.07) is 6.07. The summed E-state index contributed by atoms with van der Waals surface area (Å²) in [6.45, 7) is 2.28. The first-order valence-electron chi connectivity index (χ1n) is 8.35. The van der Waals surface area contributed by atoms with Crippen molar-refractivity contribution in [2.45, 2.75) is 49.6 Å². The van der Waals surface area contributed by atoms with Crippen LogP contribution in [0, 0.1) is 6.92 Å². The van der Waals surface area contributed by atoms with Gasteiger partial charge in [-0.3, -0.25) is 4.79 Å². The molecule has 1 aromatic carbocycles. The molecule has 1 aromatic rings. The van der Waals surface area contributed by atoms with E-state index in [1.807, 2.05) is 6.92 Å². The van der Waals surface area contributed by atoms with Gasteiger partial charge in [0.2, 0.25) is 10.0 Å².